The first-order chi connectivity index (χ1) is 12.6. The molecule has 2 aromatic carbocycles. The molecule has 2 aromatic rings. The Kier molecular flexibility index (Phi) is 5.32. The van der Waals surface area contributed by atoms with Crippen LogP contribution in [-0.2, 0) is 11.2 Å². The fourth-order valence-electron chi connectivity index (χ4n) is 2.66. The summed E-state index contributed by atoms with van der Waals surface area (Å²) in [7, 11) is 3.12. The van der Waals surface area contributed by atoms with Crippen molar-refractivity contribution in [3.8, 4) is 11.5 Å². The van der Waals surface area contributed by atoms with E-state index >= 15 is 0 Å². The maximum absolute atomic E-state index is 12.8. The van der Waals surface area contributed by atoms with Crippen molar-refractivity contribution in [3.63, 3.8) is 0 Å². The Morgan fingerprint density at radius 3 is 2.38 bits per heavy atom. The van der Waals surface area contributed by atoms with E-state index in [-0.39, 0.29) is 11.1 Å². The number of methoxy groups -OCH3 is 2. The molecule has 1 heterocycles. The number of ether oxygens (including phenoxy) is 2. The van der Waals surface area contributed by atoms with Crippen LogP contribution in [0.2, 0.25) is 0 Å². The molecule has 1 aliphatic heterocycles. The number of rotatable bonds is 5. The van der Waals surface area contributed by atoms with Gasteiger partial charge < -0.3 is 9.47 Å². The number of nitrogens with zero attached hydrogens (tertiary/aromatic N) is 1. The fourth-order valence-corrected chi connectivity index (χ4v) is 3.50. The lowest BCUT2D eigenvalue weighted by Crippen LogP contribution is -2.27. The molecule has 0 radical (unpaired) electrons. The first-order valence-corrected chi connectivity index (χ1v) is 8.98. The van der Waals surface area contributed by atoms with Crippen LogP contribution in [0.5, 0.6) is 11.5 Å². The minimum Gasteiger partial charge on any atom is -0.497 e. The molecule has 0 spiro atoms. The van der Waals surface area contributed by atoms with Crippen molar-refractivity contribution in [2.45, 2.75) is 13.3 Å². The van der Waals surface area contributed by atoms with Crippen LogP contribution < -0.4 is 14.4 Å². The summed E-state index contributed by atoms with van der Waals surface area (Å²) in [5.41, 5.74) is 2.40. The van der Waals surface area contributed by atoms with Crippen LogP contribution in [0.15, 0.2) is 47.4 Å². The Morgan fingerprint density at radius 2 is 1.77 bits per heavy atom. The van der Waals surface area contributed by atoms with Gasteiger partial charge in [-0.2, -0.15) is 0 Å². The second kappa shape index (κ2) is 7.66. The number of carbonyl (C=O) groups excluding carboxylic acids is 2. The summed E-state index contributed by atoms with van der Waals surface area (Å²) in [6, 6.07) is 12.7. The molecule has 1 saturated heterocycles. The Labute approximate surface area is 156 Å². The first-order valence-electron chi connectivity index (χ1n) is 8.16. The van der Waals surface area contributed by atoms with Crippen molar-refractivity contribution in [3.05, 3.63) is 58.5 Å². The van der Waals surface area contributed by atoms with Crippen LogP contribution in [0.3, 0.4) is 0 Å². The first kappa shape index (κ1) is 18.1. The van der Waals surface area contributed by atoms with Gasteiger partial charge in [-0.1, -0.05) is 19.1 Å². The predicted molar refractivity (Wildman–Crippen MR) is 104 cm³/mol. The molecule has 1 aliphatic rings. The molecule has 1 fully saturated rings. The minimum absolute atomic E-state index is 0.313. The average Bonchev–Trinajstić information content (AvgIpc) is 2.95. The van der Waals surface area contributed by atoms with E-state index in [1.54, 1.807) is 50.6 Å². The number of hydrogen-bond donors (Lipinski definition) is 0. The van der Waals surface area contributed by atoms with Gasteiger partial charge in [-0.3, -0.25) is 9.59 Å². The summed E-state index contributed by atoms with van der Waals surface area (Å²) in [5.74, 6) is 0.908. The van der Waals surface area contributed by atoms with E-state index in [1.807, 2.05) is 12.1 Å². The summed E-state index contributed by atoms with van der Waals surface area (Å²) < 4.78 is 10.6. The number of imide groups is 1. The van der Waals surface area contributed by atoms with Gasteiger partial charge in [0, 0.05) is 5.56 Å². The van der Waals surface area contributed by atoms with Crippen molar-refractivity contribution < 1.29 is 19.1 Å². The summed E-state index contributed by atoms with van der Waals surface area (Å²) in [6.45, 7) is 2.05. The number of amides is 2. The zero-order valence-corrected chi connectivity index (χ0v) is 15.6. The molecule has 0 N–H and O–H groups in total. The molecule has 0 aromatic heterocycles. The van der Waals surface area contributed by atoms with Crippen LogP contribution in [0.4, 0.5) is 10.5 Å². The van der Waals surface area contributed by atoms with Gasteiger partial charge in [0.1, 0.15) is 11.5 Å². The fraction of sp³-hybridized carbons (Fsp3) is 0.200. The van der Waals surface area contributed by atoms with Gasteiger partial charge >= 0.3 is 0 Å². The maximum atomic E-state index is 12.8. The highest BCUT2D eigenvalue weighted by Crippen LogP contribution is 2.37. The van der Waals surface area contributed by atoms with Crippen molar-refractivity contribution >= 4 is 34.7 Å². The standard InChI is InChI=1S/C20H19NO4S/c1-4-13-5-7-15(8-6-13)21-19(22)18(26-20(21)23)12-14-11-16(24-2)9-10-17(14)25-3/h5-12H,4H2,1-3H3/b18-12-. The van der Waals surface area contributed by atoms with Gasteiger partial charge in [0.25, 0.3) is 11.1 Å². The van der Waals surface area contributed by atoms with E-state index in [9.17, 15) is 9.59 Å². The monoisotopic (exact) mass is 369 g/mol. The molecule has 0 atom stereocenters. The number of aryl methyl sites for hydroxylation is 1. The van der Waals surface area contributed by atoms with E-state index < -0.39 is 0 Å². The van der Waals surface area contributed by atoms with Gasteiger partial charge in [0.15, 0.2) is 0 Å². The Hall–Kier alpha value is -2.73. The maximum Gasteiger partial charge on any atom is 0.298 e. The lowest BCUT2D eigenvalue weighted by Gasteiger charge is -2.13. The average molecular weight is 369 g/mol. The molecule has 2 amide bonds. The van der Waals surface area contributed by atoms with Crippen LogP contribution in [0.1, 0.15) is 18.1 Å². The summed E-state index contributed by atoms with van der Waals surface area (Å²) in [4.78, 5) is 26.7. The van der Waals surface area contributed by atoms with Crippen molar-refractivity contribution in [2.75, 3.05) is 19.1 Å². The number of thioether (sulfide) groups is 1. The molecule has 0 aliphatic carbocycles. The zero-order chi connectivity index (χ0) is 18.7. The van der Waals surface area contributed by atoms with Gasteiger partial charge in [0.05, 0.1) is 24.8 Å². The highest BCUT2D eigenvalue weighted by atomic mass is 32.2. The van der Waals surface area contributed by atoms with Gasteiger partial charge in [-0.05, 0) is 60.2 Å². The molecule has 26 heavy (non-hydrogen) atoms. The van der Waals surface area contributed by atoms with Crippen molar-refractivity contribution in [1.82, 2.24) is 0 Å². The van der Waals surface area contributed by atoms with E-state index in [4.69, 9.17) is 9.47 Å². The van der Waals surface area contributed by atoms with Crippen LogP contribution in [0.25, 0.3) is 6.08 Å². The van der Waals surface area contributed by atoms with Crippen molar-refractivity contribution in [2.24, 2.45) is 0 Å². The zero-order valence-electron chi connectivity index (χ0n) is 14.8. The Morgan fingerprint density at radius 1 is 1.04 bits per heavy atom. The second-order valence-corrected chi connectivity index (χ2v) is 6.64. The van der Waals surface area contributed by atoms with E-state index in [2.05, 4.69) is 6.92 Å². The summed E-state index contributed by atoms with van der Waals surface area (Å²) >= 11 is 0.916. The third-order valence-electron chi connectivity index (χ3n) is 4.12. The molecule has 6 heteroatoms. The molecule has 3 rings (SSSR count). The third-order valence-corrected chi connectivity index (χ3v) is 4.99. The number of anilines is 1. The van der Waals surface area contributed by atoms with Gasteiger partial charge in [-0.25, -0.2) is 4.90 Å². The highest BCUT2D eigenvalue weighted by molar-refractivity contribution is 8.19. The van der Waals surface area contributed by atoms with E-state index in [1.165, 1.54) is 4.90 Å². The van der Waals surface area contributed by atoms with Crippen LogP contribution >= 0.6 is 11.8 Å². The van der Waals surface area contributed by atoms with Crippen molar-refractivity contribution in [1.29, 1.82) is 0 Å². The second-order valence-electron chi connectivity index (χ2n) is 5.65. The molecule has 0 bridgehead atoms. The molecule has 134 valence electrons. The van der Waals surface area contributed by atoms with E-state index in [0.29, 0.717) is 27.7 Å². The number of carbonyl (C=O) groups is 2. The number of hydrogen-bond acceptors (Lipinski definition) is 5. The Bertz CT molecular complexity index is 874. The largest absolute Gasteiger partial charge is 0.497 e. The SMILES string of the molecule is CCc1ccc(N2C(=O)S/C(=C\c3cc(OC)ccc3OC)C2=O)cc1. The lowest BCUT2D eigenvalue weighted by molar-refractivity contribution is -0.113. The summed E-state index contributed by atoms with van der Waals surface area (Å²) in [5, 5.41) is -0.313. The quantitative estimate of drug-likeness (QED) is 0.726. The normalized spacial score (nSPS) is 15.7. The third kappa shape index (κ3) is 3.46. The van der Waals surface area contributed by atoms with Crippen LogP contribution in [-0.4, -0.2) is 25.4 Å². The molecular formula is C20H19NO4S. The van der Waals surface area contributed by atoms with Gasteiger partial charge in [-0.15, -0.1) is 0 Å². The van der Waals surface area contributed by atoms with E-state index in [0.717, 1.165) is 23.7 Å². The molecule has 0 unspecified atom stereocenters. The molecule has 0 saturated carbocycles. The topological polar surface area (TPSA) is 55.8 Å². The minimum atomic E-state index is -0.339. The van der Waals surface area contributed by atoms with Gasteiger partial charge in [0.2, 0.25) is 0 Å². The molecule has 5 nitrogen and oxygen atoms in total. The highest BCUT2D eigenvalue weighted by Gasteiger charge is 2.36. The Balaban J connectivity index is 1.94. The number of benzene rings is 2. The smallest absolute Gasteiger partial charge is 0.298 e. The van der Waals surface area contributed by atoms with Crippen LogP contribution in [0, 0.1) is 0 Å². The summed E-state index contributed by atoms with van der Waals surface area (Å²) in [6.07, 6.45) is 2.56. The molecular weight excluding hydrogens is 350 g/mol. The predicted octanol–water partition coefficient (Wildman–Crippen LogP) is 4.51. The lowest BCUT2D eigenvalue weighted by atomic mass is 10.1.